The van der Waals surface area contributed by atoms with E-state index in [9.17, 15) is 9.59 Å². The molecule has 2 heterocycles. The van der Waals surface area contributed by atoms with E-state index in [0.29, 0.717) is 12.0 Å². The molecule has 1 atom stereocenters. The number of hydrogen-bond donors (Lipinski definition) is 2. The molecule has 1 saturated heterocycles. The van der Waals surface area contributed by atoms with Gasteiger partial charge in [0.05, 0.1) is 11.3 Å². The minimum Gasteiger partial charge on any atom is -0.371 e. The molecule has 134 valence electrons. The number of carbonyl (C=O) groups is 2. The number of carbonyl (C=O) groups excluding carboxylic acids is 2. The van der Waals surface area contributed by atoms with E-state index >= 15 is 0 Å². The Morgan fingerprint density at radius 2 is 1.88 bits per heavy atom. The highest BCUT2D eigenvalue weighted by atomic mass is 16.2. The largest absolute Gasteiger partial charge is 0.371 e. The summed E-state index contributed by atoms with van der Waals surface area (Å²) < 4.78 is 0. The summed E-state index contributed by atoms with van der Waals surface area (Å²) in [4.78, 5) is 26.6. The van der Waals surface area contributed by atoms with E-state index in [1.807, 2.05) is 30.3 Å². The van der Waals surface area contributed by atoms with Crippen LogP contribution >= 0.6 is 0 Å². The first-order chi connectivity index (χ1) is 12.6. The van der Waals surface area contributed by atoms with Gasteiger partial charge in [-0.15, -0.1) is 0 Å². The number of rotatable bonds is 4. The van der Waals surface area contributed by atoms with E-state index in [0.717, 1.165) is 49.3 Å². The maximum absolute atomic E-state index is 12.3. The van der Waals surface area contributed by atoms with Gasteiger partial charge in [0.2, 0.25) is 5.91 Å². The number of anilines is 2. The van der Waals surface area contributed by atoms with Crippen molar-refractivity contribution in [2.24, 2.45) is 5.73 Å². The number of nitrogens with two attached hydrogens (primary N) is 1. The van der Waals surface area contributed by atoms with E-state index in [4.69, 9.17) is 5.73 Å². The van der Waals surface area contributed by atoms with Crippen molar-refractivity contribution in [1.82, 2.24) is 0 Å². The molecule has 0 bridgehead atoms. The fourth-order valence-corrected chi connectivity index (χ4v) is 4.08. The molecule has 3 N–H and O–H groups in total. The highest BCUT2D eigenvalue weighted by molar-refractivity contribution is 6.02. The second-order valence-corrected chi connectivity index (χ2v) is 7.15. The standard InChI is InChI=1S/C21H23N3O2/c22-21(26)17-12-16-15(10-14-6-2-1-3-7-14)11-20(25)23-18(16)13-19(17)24-8-4-5-9-24/h1-3,6-7,12-13,15H,4-5,8-11H2,(H2,22,26)(H,23,25). The van der Waals surface area contributed by atoms with Gasteiger partial charge in [-0.25, -0.2) is 0 Å². The maximum atomic E-state index is 12.3. The first kappa shape index (κ1) is 16.6. The van der Waals surface area contributed by atoms with Crippen molar-refractivity contribution < 1.29 is 9.59 Å². The van der Waals surface area contributed by atoms with Crippen molar-refractivity contribution in [2.75, 3.05) is 23.3 Å². The average molecular weight is 349 g/mol. The SMILES string of the molecule is NC(=O)c1cc2c(cc1N1CCCC1)NC(=O)CC2Cc1ccccc1. The first-order valence-corrected chi connectivity index (χ1v) is 9.18. The molecule has 2 aromatic carbocycles. The molecular formula is C21H23N3O2. The Bertz CT molecular complexity index is 842. The van der Waals surface area contributed by atoms with Crippen LogP contribution in [0.15, 0.2) is 42.5 Å². The monoisotopic (exact) mass is 349 g/mol. The lowest BCUT2D eigenvalue weighted by atomic mass is 9.84. The van der Waals surface area contributed by atoms with Gasteiger partial charge in [0.1, 0.15) is 0 Å². The van der Waals surface area contributed by atoms with E-state index in [1.165, 1.54) is 5.56 Å². The normalized spacial score (nSPS) is 19.2. The quantitative estimate of drug-likeness (QED) is 0.891. The van der Waals surface area contributed by atoms with E-state index in [-0.39, 0.29) is 11.8 Å². The summed E-state index contributed by atoms with van der Waals surface area (Å²) in [5.74, 6) is -0.338. The van der Waals surface area contributed by atoms with Crippen LogP contribution in [0.2, 0.25) is 0 Å². The summed E-state index contributed by atoms with van der Waals surface area (Å²) in [6.45, 7) is 1.83. The summed E-state index contributed by atoms with van der Waals surface area (Å²) in [6, 6.07) is 14.0. The Morgan fingerprint density at radius 3 is 2.58 bits per heavy atom. The molecule has 2 aromatic rings. The van der Waals surface area contributed by atoms with Gasteiger partial charge in [-0.2, -0.15) is 0 Å². The van der Waals surface area contributed by atoms with Crippen molar-refractivity contribution >= 4 is 23.2 Å². The van der Waals surface area contributed by atoms with Crippen LogP contribution in [-0.2, 0) is 11.2 Å². The fourth-order valence-electron chi connectivity index (χ4n) is 4.08. The predicted octanol–water partition coefficient (Wildman–Crippen LogP) is 3.05. The van der Waals surface area contributed by atoms with Gasteiger partial charge < -0.3 is 16.0 Å². The van der Waals surface area contributed by atoms with Crippen LogP contribution in [0.5, 0.6) is 0 Å². The zero-order valence-electron chi connectivity index (χ0n) is 14.7. The van der Waals surface area contributed by atoms with Crippen LogP contribution in [-0.4, -0.2) is 24.9 Å². The Labute approximate surface area is 153 Å². The molecule has 2 aliphatic heterocycles. The van der Waals surface area contributed by atoms with Crippen molar-refractivity contribution in [3.8, 4) is 0 Å². The number of nitrogens with zero attached hydrogens (tertiary/aromatic N) is 1. The lowest BCUT2D eigenvalue weighted by Crippen LogP contribution is -2.28. The molecule has 0 spiro atoms. The third kappa shape index (κ3) is 3.17. The molecule has 0 saturated carbocycles. The Kier molecular flexibility index (Phi) is 4.37. The van der Waals surface area contributed by atoms with Gasteiger partial charge in [-0.1, -0.05) is 30.3 Å². The molecule has 2 aliphatic rings. The highest BCUT2D eigenvalue weighted by Crippen LogP contribution is 2.39. The van der Waals surface area contributed by atoms with Crippen LogP contribution in [0, 0.1) is 0 Å². The molecule has 0 aliphatic carbocycles. The number of hydrogen-bond acceptors (Lipinski definition) is 3. The first-order valence-electron chi connectivity index (χ1n) is 9.18. The van der Waals surface area contributed by atoms with Gasteiger partial charge >= 0.3 is 0 Å². The molecule has 26 heavy (non-hydrogen) atoms. The second-order valence-electron chi connectivity index (χ2n) is 7.15. The van der Waals surface area contributed by atoms with Gasteiger partial charge in [0, 0.05) is 25.2 Å². The molecule has 1 unspecified atom stereocenters. The summed E-state index contributed by atoms with van der Waals surface area (Å²) in [5.41, 5.74) is 10.1. The van der Waals surface area contributed by atoms with Crippen molar-refractivity contribution in [2.45, 2.75) is 31.6 Å². The maximum Gasteiger partial charge on any atom is 0.250 e. The molecular weight excluding hydrogens is 326 g/mol. The average Bonchev–Trinajstić information content (AvgIpc) is 3.16. The van der Waals surface area contributed by atoms with E-state index < -0.39 is 5.91 Å². The van der Waals surface area contributed by atoms with Gasteiger partial charge in [0.15, 0.2) is 0 Å². The van der Waals surface area contributed by atoms with Crippen LogP contribution < -0.4 is 16.0 Å². The van der Waals surface area contributed by atoms with Crippen molar-refractivity contribution in [3.05, 3.63) is 59.2 Å². The third-order valence-electron chi connectivity index (χ3n) is 5.35. The molecule has 4 rings (SSSR count). The predicted molar refractivity (Wildman–Crippen MR) is 103 cm³/mol. The number of nitrogens with one attached hydrogen (secondary N) is 1. The van der Waals surface area contributed by atoms with Crippen LogP contribution in [0.3, 0.4) is 0 Å². The lowest BCUT2D eigenvalue weighted by Gasteiger charge is -2.29. The van der Waals surface area contributed by atoms with E-state index in [1.54, 1.807) is 0 Å². The minimum absolute atomic E-state index is 0.0256. The molecule has 0 aromatic heterocycles. The van der Waals surface area contributed by atoms with Crippen LogP contribution in [0.25, 0.3) is 0 Å². The van der Waals surface area contributed by atoms with E-state index in [2.05, 4.69) is 22.3 Å². The van der Waals surface area contributed by atoms with Gasteiger partial charge in [-0.3, -0.25) is 9.59 Å². The van der Waals surface area contributed by atoms with Crippen LogP contribution in [0.1, 0.15) is 46.7 Å². The Hall–Kier alpha value is -2.82. The fraction of sp³-hybridized carbons (Fsp3) is 0.333. The summed E-state index contributed by atoms with van der Waals surface area (Å²) in [5, 5.41) is 2.99. The number of fused-ring (bicyclic) bond motifs is 1. The smallest absolute Gasteiger partial charge is 0.250 e. The van der Waals surface area contributed by atoms with Gasteiger partial charge in [-0.05, 0) is 48.4 Å². The summed E-state index contributed by atoms with van der Waals surface area (Å²) in [7, 11) is 0. The third-order valence-corrected chi connectivity index (χ3v) is 5.35. The zero-order chi connectivity index (χ0) is 18.1. The molecule has 0 radical (unpaired) electrons. The molecule has 5 nitrogen and oxygen atoms in total. The summed E-state index contributed by atoms with van der Waals surface area (Å²) >= 11 is 0. The number of amides is 2. The minimum atomic E-state index is -0.412. The molecule has 5 heteroatoms. The van der Waals surface area contributed by atoms with Crippen molar-refractivity contribution in [1.29, 1.82) is 0 Å². The number of primary amides is 1. The lowest BCUT2D eigenvalue weighted by molar-refractivity contribution is -0.116. The highest BCUT2D eigenvalue weighted by Gasteiger charge is 2.29. The summed E-state index contributed by atoms with van der Waals surface area (Å²) in [6.07, 6.45) is 3.40. The molecule has 1 fully saturated rings. The number of benzene rings is 2. The van der Waals surface area contributed by atoms with Crippen LogP contribution in [0.4, 0.5) is 11.4 Å². The Balaban J connectivity index is 1.75. The Morgan fingerprint density at radius 1 is 1.15 bits per heavy atom. The molecule has 2 amide bonds. The zero-order valence-corrected chi connectivity index (χ0v) is 14.7. The topological polar surface area (TPSA) is 75.4 Å². The van der Waals surface area contributed by atoms with Crippen molar-refractivity contribution in [3.63, 3.8) is 0 Å². The second kappa shape index (κ2) is 6.83. The van der Waals surface area contributed by atoms with Gasteiger partial charge in [0.25, 0.3) is 5.91 Å².